The number of ether oxygens (including phenoxy) is 4. The highest BCUT2D eigenvalue weighted by atomic mass is 16.5. The number of rotatable bonds is 75. The lowest BCUT2D eigenvalue weighted by Gasteiger charge is -2.36. The van der Waals surface area contributed by atoms with Gasteiger partial charge in [-0.05, 0) is 110 Å². The number of methoxy groups -OCH3 is 2. The van der Waals surface area contributed by atoms with Gasteiger partial charge in [-0.1, -0.05) is 178 Å². The molecule has 0 bridgehead atoms. The van der Waals surface area contributed by atoms with E-state index in [-0.39, 0.29) is 141 Å². The molecule has 0 aromatic heterocycles. The van der Waals surface area contributed by atoms with Crippen LogP contribution in [-0.4, -0.2) is 279 Å². The largest absolute Gasteiger partial charge is 0.491 e. The fourth-order valence-corrected chi connectivity index (χ4v) is 16.0. The third-order valence-electron chi connectivity index (χ3n) is 24.2. The van der Waals surface area contributed by atoms with Gasteiger partial charge in [0.15, 0.2) is 0 Å². The van der Waals surface area contributed by atoms with E-state index in [9.17, 15) is 43.8 Å². The van der Waals surface area contributed by atoms with E-state index in [0.717, 1.165) is 44.9 Å². The monoisotopic (exact) mass is 1790 g/mol. The van der Waals surface area contributed by atoms with E-state index in [1.807, 2.05) is 122 Å². The Kier molecular flexibility index (Phi) is 56.2. The molecule has 0 aliphatic carbocycles. The fourth-order valence-electron chi connectivity index (χ4n) is 16.0. The first-order valence-corrected chi connectivity index (χ1v) is 46.9. The summed E-state index contributed by atoms with van der Waals surface area (Å²) in [6.07, 6.45) is 4.68. The summed E-state index contributed by atoms with van der Waals surface area (Å²) in [7, 11) is 10.6. The number of carbonyl (C=O) groups excluding carboxylic acids is 12. The molecule has 0 saturated heterocycles. The van der Waals surface area contributed by atoms with Gasteiger partial charge in [0, 0.05) is 213 Å². The molecule has 2 rings (SSSR count). The van der Waals surface area contributed by atoms with Crippen molar-refractivity contribution in [3.63, 3.8) is 0 Å². The highest BCUT2D eigenvalue weighted by Crippen LogP contribution is 2.43. The Labute approximate surface area is 762 Å². The number of carbonyl (C=O) groups is 12. The van der Waals surface area contributed by atoms with Gasteiger partial charge in [0.1, 0.15) is 65.8 Å². The van der Waals surface area contributed by atoms with Crippen molar-refractivity contribution < 1.29 is 86.7 Å². The molecule has 0 fully saturated rings. The maximum atomic E-state index is 16.0. The van der Waals surface area contributed by atoms with E-state index in [4.69, 9.17) is 18.9 Å². The first kappa shape index (κ1) is 115. The zero-order chi connectivity index (χ0) is 95.4. The number of benzene rings is 2. The second-order valence-corrected chi connectivity index (χ2v) is 38.6. The van der Waals surface area contributed by atoms with E-state index in [1.54, 1.807) is 69.2 Å². The third kappa shape index (κ3) is 48.2. The summed E-state index contributed by atoms with van der Waals surface area (Å²) in [6, 6.07) is 18.5. The van der Waals surface area contributed by atoms with E-state index in [2.05, 4.69) is 51.1 Å². The minimum Gasteiger partial charge on any atom is -0.491 e. The normalized spacial score (nSPS) is 14.1. The Hall–Kier alpha value is -7.64. The average molecular weight is 1790 g/mol. The number of hydrogen-bond donors (Lipinski definition) is 9. The summed E-state index contributed by atoms with van der Waals surface area (Å²) in [6.45, 7) is 31.2. The van der Waals surface area contributed by atoms with E-state index in [0.29, 0.717) is 103 Å². The maximum Gasteiger partial charge on any atom is 0.223 e. The highest BCUT2D eigenvalue weighted by molar-refractivity contribution is 5.97. The molecule has 0 heterocycles. The molecule has 0 aliphatic heterocycles. The van der Waals surface area contributed by atoms with Crippen LogP contribution in [0.1, 0.15) is 238 Å². The van der Waals surface area contributed by atoms with Gasteiger partial charge >= 0.3 is 0 Å². The van der Waals surface area contributed by atoms with E-state index < -0.39 is 134 Å². The SMILES string of the molecule is CCCCCCNC(=O)CC(CC(C)(C)C(=O)CC(CC(C)(C)C(=O)C(CC(=O)NCCOC)CC(C)(C)C(=O)CC(CC)C(=O)NCCOC)C(=O)NCCCCCC)C(=O)C(C)(C)CC(CC(=O)C(C)(C)CC(CC(=O)NCCN(C)CCN(C)CC(O)COc1ccccc1)C(=O)NCCCC)C(=O)NCCN(C)CCN(C)CC(O)COc1ccccc1. The van der Waals surface area contributed by atoms with Crippen molar-refractivity contribution in [3.05, 3.63) is 60.7 Å². The number of aliphatic hydroxyl groups is 2. The van der Waals surface area contributed by atoms with E-state index >= 15 is 24.0 Å². The van der Waals surface area contributed by atoms with Gasteiger partial charge in [0.05, 0.1) is 13.2 Å². The summed E-state index contributed by atoms with van der Waals surface area (Å²) < 4.78 is 21.8. The lowest BCUT2D eigenvalue weighted by molar-refractivity contribution is -0.143. The lowest BCUT2D eigenvalue weighted by Crippen LogP contribution is -2.45. The predicted molar refractivity (Wildman–Crippen MR) is 500 cm³/mol. The predicted octanol–water partition coefficient (Wildman–Crippen LogP) is 10.0. The molecule has 0 spiro atoms. The third-order valence-corrected chi connectivity index (χ3v) is 24.2. The van der Waals surface area contributed by atoms with Crippen LogP contribution >= 0.6 is 0 Å². The summed E-state index contributed by atoms with van der Waals surface area (Å²) in [5.41, 5.74) is -6.85. The number of nitrogens with zero attached hydrogens (tertiary/aromatic N) is 4. The Bertz CT molecular complexity index is 3560. The van der Waals surface area contributed by atoms with Crippen molar-refractivity contribution in [3.8, 4) is 11.5 Å². The van der Waals surface area contributed by atoms with Gasteiger partial charge in [0.25, 0.3) is 0 Å². The average Bonchev–Trinajstić information content (AvgIpc) is 0.782. The lowest BCUT2D eigenvalue weighted by atomic mass is 9.66. The number of unbranched alkanes of at least 4 members (excludes halogenated alkanes) is 7. The summed E-state index contributed by atoms with van der Waals surface area (Å²) in [5, 5.41) is 42.2. The molecule has 7 amide bonds. The number of hydrogen-bond acceptors (Lipinski definition) is 22. The molecule has 8 unspecified atom stereocenters. The zero-order valence-electron chi connectivity index (χ0n) is 81.6. The number of aliphatic hydroxyl groups excluding tert-OH is 2. The van der Waals surface area contributed by atoms with Crippen molar-refractivity contribution in [1.82, 2.24) is 56.8 Å². The van der Waals surface area contributed by atoms with Crippen molar-refractivity contribution in [1.29, 1.82) is 0 Å². The van der Waals surface area contributed by atoms with Crippen LogP contribution in [0, 0.1) is 62.6 Å². The summed E-state index contributed by atoms with van der Waals surface area (Å²) in [5.74, 6) is -9.77. The fraction of sp³-hybridized carbons (Fsp3) is 0.755. The molecular weight excluding hydrogens is 1620 g/mol. The van der Waals surface area contributed by atoms with Crippen LogP contribution < -0.4 is 46.7 Å². The molecule has 29 nitrogen and oxygen atoms in total. The van der Waals surface area contributed by atoms with Gasteiger partial charge in [0.2, 0.25) is 41.4 Å². The second kappa shape index (κ2) is 61.8. The Morgan fingerprint density at radius 1 is 0.331 bits per heavy atom. The molecule has 0 aliphatic rings. The zero-order valence-corrected chi connectivity index (χ0v) is 81.6. The molecule has 724 valence electrons. The Balaban J connectivity index is 2.73. The number of likely N-dealkylation sites (N-methyl/N-ethyl adjacent to an activating group) is 4. The number of nitrogens with one attached hydrogen (secondary N) is 7. The molecule has 127 heavy (non-hydrogen) atoms. The van der Waals surface area contributed by atoms with Crippen molar-refractivity contribution in [2.75, 3.05) is 167 Å². The topological polar surface area (TPSA) is 379 Å². The van der Waals surface area contributed by atoms with Gasteiger partial charge in [-0.15, -0.1) is 0 Å². The minimum atomic E-state index is -1.47. The smallest absolute Gasteiger partial charge is 0.223 e. The standard InChI is InChI=1S/C98H169N11O18/c1-21-25-28-36-43-99-85(115)60-73(64-95(7,8)83(113)58-75(91(121)103-44-37-29-26-22-2)66-97(11,12)89(119)74(61-86(116)101-47-55-124-19)63-94(5,6)82(112)57-72(24-4)90(120)105-48-56-125-20)88(118)98(13,14)67-76(92(122)104-46-50-107(16)52-54-109(18)69-79(111)71-127-81-40-34-31-35-41-81)59-84(114)96(9,10)65-77(93(123)102-42-27-23-3)62-87(117)100-45-49-106(15)51-53-108(17)68-78(110)70-126-80-38-32-30-33-39-80/h30-35,38-41,72-79,110-111H,21-29,36-37,42-71H2,1-20H3,(H,99,115)(H,100,117)(H,101,116)(H,102,123)(H,103,121)(H,104,122)(H,105,120). The van der Waals surface area contributed by atoms with Crippen molar-refractivity contribution in [2.24, 2.45) is 62.6 Å². The molecule has 0 radical (unpaired) electrons. The quantitative estimate of drug-likeness (QED) is 0.0278. The molecule has 9 N–H and O–H groups in total. The van der Waals surface area contributed by atoms with Crippen LogP contribution in [0.2, 0.25) is 0 Å². The van der Waals surface area contributed by atoms with Crippen LogP contribution in [0.3, 0.4) is 0 Å². The molecule has 8 atom stereocenters. The first-order chi connectivity index (χ1) is 59.9. The van der Waals surface area contributed by atoms with Gasteiger partial charge in [-0.2, -0.15) is 0 Å². The van der Waals surface area contributed by atoms with E-state index in [1.165, 1.54) is 14.2 Å². The number of Topliss-reactive ketones (excluding diaryl/α,β-unsaturated/α-hetero) is 5. The van der Waals surface area contributed by atoms with Crippen LogP contribution in [-0.2, 0) is 67.0 Å². The maximum absolute atomic E-state index is 16.0. The van der Waals surface area contributed by atoms with Crippen LogP contribution in [0.15, 0.2) is 60.7 Å². The van der Waals surface area contributed by atoms with Crippen LogP contribution in [0.25, 0.3) is 0 Å². The molecule has 2 aromatic rings. The minimum absolute atomic E-state index is 0.0678. The van der Waals surface area contributed by atoms with Gasteiger partial charge < -0.3 is 86.0 Å². The number of para-hydroxylation sites is 2. The number of ketones is 5. The number of amides is 7. The molecule has 0 saturated carbocycles. The Morgan fingerprint density at radius 2 is 0.622 bits per heavy atom. The second-order valence-electron chi connectivity index (χ2n) is 38.6. The van der Waals surface area contributed by atoms with Crippen LogP contribution in [0.5, 0.6) is 11.5 Å². The first-order valence-electron chi connectivity index (χ1n) is 46.9. The molecule has 2 aromatic carbocycles. The highest BCUT2D eigenvalue weighted by Gasteiger charge is 2.47. The van der Waals surface area contributed by atoms with Crippen molar-refractivity contribution in [2.45, 2.75) is 250 Å². The van der Waals surface area contributed by atoms with Crippen LogP contribution in [0.4, 0.5) is 0 Å². The van der Waals surface area contributed by atoms with Crippen molar-refractivity contribution >= 4 is 70.3 Å². The summed E-state index contributed by atoms with van der Waals surface area (Å²) in [4.78, 5) is 185. The van der Waals surface area contributed by atoms with Gasteiger partial charge in [-0.3, -0.25) is 57.5 Å². The Morgan fingerprint density at radius 3 is 1.01 bits per heavy atom. The molecular formula is C98H169N11O18. The summed E-state index contributed by atoms with van der Waals surface area (Å²) >= 11 is 0. The molecule has 29 heteroatoms. The van der Waals surface area contributed by atoms with Gasteiger partial charge in [-0.25, -0.2) is 0 Å².